The van der Waals surface area contributed by atoms with Gasteiger partial charge in [-0.2, -0.15) is 0 Å². The lowest BCUT2D eigenvalue weighted by Crippen LogP contribution is -2.37. The van der Waals surface area contributed by atoms with Crippen molar-refractivity contribution in [2.75, 3.05) is 55.9 Å². The number of fused-ring (bicyclic) bond motifs is 1. The van der Waals surface area contributed by atoms with Gasteiger partial charge in [-0.05, 0) is 60.7 Å². The van der Waals surface area contributed by atoms with Gasteiger partial charge >= 0.3 is 6.03 Å². The van der Waals surface area contributed by atoms with Crippen molar-refractivity contribution in [2.45, 2.75) is 0 Å². The van der Waals surface area contributed by atoms with Crippen LogP contribution in [0.1, 0.15) is 10.4 Å². The number of hydrogen-bond donors (Lipinski definition) is 2. The SMILES string of the molecule is CN(C)C(=O)c1ccc(NC(=O)Nc2ccc(-c3nc(N4CCOCC4)c4ccc(-c5ccco5)cc4n3)c(F)c2F)cc1. The quantitative estimate of drug-likeness (QED) is 0.246. The predicted octanol–water partition coefficient (Wildman–Crippen LogP) is 6.02. The van der Waals surface area contributed by atoms with E-state index in [2.05, 4.69) is 20.6 Å². The molecule has 0 radical (unpaired) electrons. The Bertz CT molecular complexity index is 1840. The molecule has 2 N–H and O–H groups in total. The number of carbonyl (C=O) groups excluding carboxylic acids is 2. The molecule has 3 heterocycles. The molecule has 5 aromatic rings. The summed E-state index contributed by atoms with van der Waals surface area (Å²) in [7, 11) is 3.27. The van der Waals surface area contributed by atoms with Gasteiger partial charge in [0.15, 0.2) is 17.5 Å². The van der Waals surface area contributed by atoms with E-state index < -0.39 is 17.7 Å². The van der Waals surface area contributed by atoms with E-state index in [9.17, 15) is 9.59 Å². The number of halogens is 2. The van der Waals surface area contributed by atoms with Crippen LogP contribution < -0.4 is 15.5 Å². The summed E-state index contributed by atoms with van der Waals surface area (Å²) in [4.78, 5) is 37.4. The summed E-state index contributed by atoms with van der Waals surface area (Å²) in [6, 6.07) is 17.2. The minimum Gasteiger partial charge on any atom is -0.464 e. The Balaban J connectivity index is 1.29. The van der Waals surface area contributed by atoms with Crippen molar-refractivity contribution in [3.05, 3.63) is 90.2 Å². The molecule has 0 bridgehead atoms. The molecule has 0 spiro atoms. The first-order chi connectivity index (χ1) is 21.3. The molecule has 10 nitrogen and oxygen atoms in total. The summed E-state index contributed by atoms with van der Waals surface area (Å²) >= 11 is 0. The van der Waals surface area contributed by atoms with Crippen LogP contribution in [0.15, 0.2) is 77.4 Å². The number of rotatable bonds is 6. The van der Waals surface area contributed by atoms with E-state index in [0.717, 1.165) is 10.9 Å². The second-order valence-corrected chi connectivity index (χ2v) is 10.3. The summed E-state index contributed by atoms with van der Waals surface area (Å²) in [5.74, 6) is -1.43. The summed E-state index contributed by atoms with van der Waals surface area (Å²) < 4.78 is 41.9. The summed E-state index contributed by atoms with van der Waals surface area (Å²) in [5, 5.41) is 5.63. The first kappa shape index (κ1) is 28.7. The molecular formula is C32H28F2N6O4. The van der Waals surface area contributed by atoms with Gasteiger partial charge in [-0.1, -0.05) is 6.07 Å². The third-order valence-corrected chi connectivity index (χ3v) is 7.16. The van der Waals surface area contributed by atoms with Gasteiger partial charge in [0, 0.05) is 49.4 Å². The van der Waals surface area contributed by atoms with Crippen molar-refractivity contribution in [3.63, 3.8) is 0 Å². The summed E-state index contributed by atoms with van der Waals surface area (Å²) in [6.45, 7) is 2.17. The van der Waals surface area contributed by atoms with E-state index in [-0.39, 0.29) is 23.0 Å². The third kappa shape index (κ3) is 5.79. The van der Waals surface area contributed by atoms with Gasteiger partial charge in [-0.3, -0.25) is 4.79 Å². The van der Waals surface area contributed by atoms with E-state index in [4.69, 9.17) is 9.15 Å². The van der Waals surface area contributed by atoms with E-state index in [1.807, 2.05) is 29.2 Å². The largest absolute Gasteiger partial charge is 0.464 e. The normalized spacial score (nSPS) is 13.1. The molecular weight excluding hydrogens is 570 g/mol. The topological polar surface area (TPSA) is 113 Å². The maximum absolute atomic E-state index is 15.6. The highest BCUT2D eigenvalue weighted by Crippen LogP contribution is 2.34. The number of ether oxygens (including phenoxy) is 1. The third-order valence-electron chi connectivity index (χ3n) is 7.16. The Morgan fingerprint density at radius 1 is 0.909 bits per heavy atom. The van der Waals surface area contributed by atoms with E-state index in [0.29, 0.717) is 54.6 Å². The molecule has 0 aliphatic carbocycles. The molecule has 6 rings (SSSR count). The van der Waals surface area contributed by atoms with Crippen LogP contribution in [0.25, 0.3) is 33.6 Å². The number of nitrogens with one attached hydrogen (secondary N) is 2. The van der Waals surface area contributed by atoms with Crippen molar-refractivity contribution in [1.82, 2.24) is 14.9 Å². The van der Waals surface area contributed by atoms with Crippen LogP contribution in [0, 0.1) is 11.6 Å². The number of morpholine rings is 1. The van der Waals surface area contributed by atoms with Crippen LogP contribution in [-0.4, -0.2) is 67.2 Å². The highest BCUT2D eigenvalue weighted by Gasteiger charge is 2.23. The van der Waals surface area contributed by atoms with Crippen LogP contribution in [-0.2, 0) is 4.74 Å². The van der Waals surface area contributed by atoms with Crippen molar-refractivity contribution in [1.29, 1.82) is 0 Å². The number of carbonyl (C=O) groups is 2. The molecule has 224 valence electrons. The fourth-order valence-electron chi connectivity index (χ4n) is 4.90. The number of benzene rings is 3. The fraction of sp³-hybridized carbons (Fsp3) is 0.188. The van der Waals surface area contributed by atoms with Crippen LogP contribution in [0.5, 0.6) is 0 Å². The Morgan fingerprint density at radius 3 is 2.39 bits per heavy atom. The number of aromatic nitrogens is 2. The van der Waals surface area contributed by atoms with E-state index in [1.54, 1.807) is 38.6 Å². The molecule has 2 aromatic heterocycles. The molecule has 3 aromatic carbocycles. The lowest BCUT2D eigenvalue weighted by atomic mass is 10.1. The van der Waals surface area contributed by atoms with E-state index in [1.165, 1.54) is 29.2 Å². The van der Waals surface area contributed by atoms with Gasteiger partial charge in [0.2, 0.25) is 0 Å². The average molecular weight is 599 g/mol. The lowest BCUT2D eigenvalue weighted by molar-refractivity contribution is 0.0827. The number of furan rings is 1. The lowest BCUT2D eigenvalue weighted by Gasteiger charge is -2.29. The predicted molar refractivity (Wildman–Crippen MR) is 163 cm³/mol. The Hall–Kier alpha value is -5.36. The first-order valence-electron chi connectivity index (χ1n) is 13.8. The minimum absolute atomic E-state index is 0.00431. The van der Waals surface area contributed by atoms with Crippen LogP contribution in [0.3, 0.4) is 0 Å². The first-order valence-corrected chi connectivity index (χ1v) is 13.8. The number of amides is 3. The number of urea groups is 1. The Labute approximate surface area is 251 Å². The second-order valence-electron chi connectivity index (χ2n) is 10.3. The zero-order valence-corrected chi connectivity index (χ0v) is 23.9. The Kier molecular flexibility index (Phi) is 7.90. The zero-order valence-electron chi connectivity index (χ0n) is 23.9. The summed E-state index contributed by atoms with van der Waals surface area (Å²) in [5.41, 5.74) is 1.59. The Morgan fingerprint density at radius 2 is 1.68 bits per heavy atom. The zero-order chi connectivity index (χ0) is 30.8. The number of nitrogens with zero attached hydrogens (tertiary/aromatic N) is 4. The molecule has 1 fully saturated rings. The highest BCUT2D eigenvalue weighted by atomic mass is 19.2. The molecule has 44 heavy (non-hydrogen) atoms. The van der Waals surface area contributed by atoms with Gasteiger partial charge in [0.25, 0.3) is 5.91 Å². The number of anilines is 3. The maximum atomic E-state index is 15.6. The molecule has 0 saturated carbocycles. The number of hydrogen-bond acceptors (Lipinski definition) is 7. The van der Waals surface area contributed by atoms with Crippen LogP contribution in [0.2, 0.25) is 0 Å². The molecule has 12 heteroatoms. The molecule has 3 amide bonds. The smallest absolute Gasteiger partial charge is 0.323 e. The van der Waals surface area contributed by atoms with Gasteiger partial charge in [0.05, 0.1) is 36.2 Å². The highest BCUT2D eigenvalue weighted by molar-refractivity contribution is 6.01. The molecule has 1 aliphatic heterocycles. The molecule has 1 aliphatic rings. The minimum atomic E-state index is -1.26. The van der Waals surface area contributed by atoms with E-state index >= 15 is 8.78 Å². The maximum Gasteiger partial charge on any atom is 0.323 e. The molecule has 0 unspecified atom stereocenters. The van der Waals surface area contributed by atoms with Gasteiger partial charge in [0.1, 0.15) is 11.6 Å². The van der Waals surface area contributed by atoms with Gasteiger partial charge in [-0.15, -0.1) is 0 Å². The van der Waals surface area contributed by atoms with Crippen LogP contribution in [0.4, 0.5) is 30.8 Å². The summed E-state index contributed by atoms with van der Waals surface area (Å²) in [6.07, 6.45) is 1.57. The van der Waals surface area contributed by atoms with Crippen molar-refractivity contribution in [2.24, 2.45) is 0 Å². The van der Waals surface area contributed by atoms with Crippen molar-refractivity contribution >= 4 is 40.0 Å². The van der Waals surface area contributed by atoms with Crippen LogP contribution >= 0.6 is 0 Å². The van der Waals surface area contributed by atoms with Crippen molar-refractivity contribution in [3.8, 4) is 22.7 Å². The average Bonchev–Trinajstić information content (AvgIpc) is 3.58. The second kappa shape index (κ2) is 12.1. The van der Waals surface area contributed by atoms with Gasteiger partial charge in [-0.25, -0.2) is 23.5 Å². The van der Waals surface area contributed by atoms with Crippen molar-refractivity contribution < 1.29 is 27.5 Å². The molecule has 0 atom stereocenters. The fourth-order valence-corrected chi connectivity index (χ4v) is 4.90. The molecule has 1 saturated heterocycles. The standard InChI is InChI=1S/C32H28F2N6O4/c1-39(2)31(41)19-5-8-21(9-6-19)35-32(42)37-24-12-11-23(27(33)28(24)34)29-36-25-18-20(26-4-3-15-44-26)7-10-22(25)30(38-29)40-13-16-43-17-14-40/h3-12,15,18H,13-14,16-17H2,1-2H3,(H2,35,37,42). The monoisotopic (exact) mass is 598 g/mol. The van der Waals surface area contributed by atoms with Gasteiger partial charge < -0.3 is 29.6 Å².